The summed E-state index contributed by atoms with van der Waals surface area (Å²) in [5.41, 5.74) is 7.34. The van der Waals surface area contributed by atoms with Crippen molar-refractivity contribution in [1.82, 2.24) is 0 Å². The number of unbranched alkanes of at least 4 members (excludes halogenated alkanes) is 2. The molecule has 0 bridgehead atoms. The summed E-state index contributed by atoms with van der Waals surface area (Å²) >= 11 is 0. The molecular formula is C30H41NO. The fourth-order valence-corrected chi connectivity index (χ4v) is 6.01. The number of benzene rings is 2. The molecule has 2 heteroatoms. The Bertz CT molecular complexity index is 901. The molecule has 0 aromatic heterocycles. The van der Waals surface area contributed by atoms with Crippen molar-refractivity contribution in [3.8, 4) is 0 Å². The van der Waals surface area contributed by atoms with E-state index in [9.17, 15) is 4.79 Å². The van der Waals surface area contributed by atoms with Crippen molar-refractivity contribution in [1.29, 1.82) is 0 Å². The maximum absolute atomic E-state index is 11.8. The van der Waals surface area contributed by atoms with Gasteiger partial charge in [-0.05, 0) is 99.5 Å². The van der Waals surface area contributed by atoms with Crippen molar-refractivity contribution >= 4 is 11.5 Å². The van der Waals surface area contributed by atoms with E-state index < -0.39 is 0 Å². The summed E-state index contributed by atoms with van der Waals surface area (Å²) < 4.78 is 0. The van der Waals surface area contributed by atoms with Crippen LogP contribution in [0.25, 0.3) is 0 Å². The van der Waals surface area contributed by atoms with Crippen molar-refractivity contribution in [2.75, 3.05) is 18.0 Å². The maximum Gasteiger partial charge on any atom is 0.135 e. The average molecular weight is 432 g/mol. The summed E-state index contributed by atoms with van der Waals surface area (Å²) in [6.07, 6.45) is 12.9. The number of hydrogen-bond donors (Lipinski definition) is 0. The van der Waals surface area contributed by atoms with Gasteiger partial charge in [0.25, 0.3) is 0 Å². The van der Waals surface area contributed by atoms with Gasteiger partial charge in [-0.25, -0.2) is 0 Å². The molecule has 1 saturated carbocycles. The topological polar surface area (TPSA) is 20.3 Å². The van der Waals surface area contributed by atoms with Crippen molar-refractivity contribution in [3.05, 3.63) is 64.7 Å². The van der Waals surface area contributed by atoms with Crippen LogP contribution in [0.4, 0.5) is 5.69 Å². The zero-order chi connectivity index (χ0) is 22.3. The van der Waals surface area contributed by atoms with Gasteiger partial charge in [0, 0.05) is 31.1 Å². The Morgan fingerprint density at radius 3 is 2.53 bits per heavy atom. The largest absolute Gasteiger partial charge is 0.371 e. The highest BCUT2D eigenvalue weighted by atomic mass is 16.1. The summed E-state index contributed by atoms with van der Waals surface area (Å²) in [4.78, 5) is 14.4. The van der Waals surface area contributed by atoms with Crippen LogP contribution in [-0.4, -0.2) is 18.9 Å². The number of carbonyl (C=O) groups is 1. The Balaban J connectivity index is 1.26. The number of para-hydroxylation sites is 1. The number of Topliss-reactive ketones (excluding diaryl/α,β-unsaturated/α-hetero) is 1. The minimum absolute atomic E-state index is 0.387. The first-order chi connectivity index (χ1) is 15.6. The fourth-order valence-electron chi connectivity index (χ4n) is 6.01. The van der Waals surface area contributed by atoms with E-state index in [-0.39, 0.29) is 0 Å². The Hall–Kier alpha value is -2.09. The van der Waals surface area contributed by atoms with E-state index in [0.29, 0.717) is 17.6 Å². The monoisotopic (exact) mass is 431 g/mol. The molecule has 1 aliphatic heterocycles. The lowest BCUT2D eigenvalue weighted by Gasteiger charge is -2.25. The van der Waals surface area contributed by atoms with E-state index in [2.05, 4.69) is 61.2 Å². The van der Waals surface area contributed by atoms with Gasteiger partial charge in [0.1, 0.15) is 5.78 Å². The van der Waals surface area contributed by atoms with Gasteiger partial charge in [-0.2, -0.15) is 0 Å². The molecule has 2 unspecified atom stereocenters. The first-order valence-corrected chi connectivity index (χ1v) is 13.0. The molecule has 0 radical (unpaired) electrons. The molecule has 2 aromatic rings. The summed E-state index contributed by atoms with van der Waals surface area (Å²) in [6, 6.07) is 16.1. The molecule has 1 heterocycles. The molecule has 172 valence electrons. The average Bonchev–Trinajstić information content (AvgIpc) is 3.04. The van der Waals surface area contributed by atoms with Gasteiger partial charge in [-0.3, -0.25) is 4.79 Å². The van der Waals surface area contributed by atoms with Gasteiger partial charge in [0.15, 0.2) is 0 Å². The molecule has 2 nitrogen and oxygen atoms in total. The minimum atomic E-state index is 0.387. The SMILES string of the molecule is Cc1cc(CCCCCC2CCCC2=O)ccc1C1CCCN(c2ccccc2C)CC1. The molecule has 0 amide bonds. The van der Waals surface area contributed by atoms with Gasteiger partial charge in [0.05, 0.1) is 0 Å². The van der Waals surface area contributed by atoms with Crippen molar-refractivity contribution < 1.29 is 4.79 Å². The van der Waals surface area contributed by atoms with Crippen LogP contribution in [0.1, 0.15) is 92.4 Å². The molecule has 2 fully saturated rings. The highest BCUT2D eigenvalue weighted by Gasteiger charge is 2.23. The number of nitrogens with zero attached hydrogens (tertiary/aromatic N) is 1. The lowest BCUT2D eigenvalue weighted by atomic mass is 9.87. The number of hydrogen-bond acceptors (Lipinski definition) is 2. The van der Waals surface area contributed by atoms with Gasteiger partial charge in [0.2, 0.25) is 0 Å². The Morgan fingerprint density at radius 2 is 1.75 bits per heavy atom. The van der Waals surface area contributed by atoms with Crippen LogP contribution in [-0.2, 0) is 11.2 Å². The number of ketones is 1. The lowest BCUT2D eigenvalue weighted by molar-refractivity contribution is -0.120. The van der Waals surface area contributed by atoms with Gasteiger partial charge in [-0.1, -0.05) is 49.2 Å². The highest BCUT2D eigenvalue weighted by molar-refractivity contribution is 5.82. The first kappa shape index (κ1) is 23.1. The standard InChI is InChI=1S/C30H41NO/c1-23-10-6-7-15-29(23)31-20-9-14-26(19-21-31)28-18-17-25(22-24(28)2)11-4-3-5-12-27-13-8-16-30(27)32/h6-7,10,15,17-18,22,26-27H,3-5,8-9,11-14,16,19-21H2,1-2H3. The highest BCUT2D eigenvalue weighted by Crippen LogP contribution is 2.33. The predicted octanol–water partition coefficient (Wildman–Crippen LogP) is 7.55. The van der Waals surface area contributed by atoms with E-state index in [1.54, 1.807) is 5.56 Å². The second-order valence-corrected chi connectivity index (χ2v) is 10.2. The molecule has 1 saturated heterocycles. The Morgan fingerprint density at radius 1 is 0.875 bits per heavy atom. The van der Waals surface area contributed by atoms with Crippen molar-refractivity contribution in [2.45, 2.75) is 90.4 Å². The van der Waals surface area contributed by atoms with E-state index in [0.717, 1.165) is 32.2 Å². The lowest BCUT2D eigenvalue weighted by Crippen LogP contribution is -2.24. The molecule has 32 heavy (non-hydrogen) atoms. The number of rotatable bonds is 8. The van der Waals surface area contributed by atoms with Crippen LogP contribution < -0.4 is 4.90 Å². The van der Waals surface area contributed by atoms with Crippen LogP contribution in [0.15, 0.2) is 42.5 Å². The molecule has 2 atom stereocenters. The maximum atomic E-state index is 11.8. The first-order valence-electron chi connectivity index (χ1n) is 13.0. The summed E-state index contributed by atoms with van der Waals surface area (Å²) in [5.74, 6) is 1.59. The minimum Gasteiger partial charge on any atom is -0.371 e. The smallest absolute Gasteiger partial charge is 0.135 e. The Labute approximate surface area is 195 Å². The van der Waals surface area contributed by atoms with Crippen molar-refractivity contribution in [3.63, 3.8) is 0 Å². The molecular weight excluding hydrogens is 390 g/mol. The third-order valence-electron chi connectivity index (χ3n) is 7.91. The van der Waals surface area contributed by atoms with Crippen LogP contribution in [0, 0.1) is 19.8 Å². The zero-order valence-corrected chi connectivity index (χ0v) is 20.2. The zero-order valence-electron chi connectivity index (χ0n) is 20.2. The Kier molecular flexibility index (Phi) is 8.05. The van der Waals surface area contributed by atoms with Gasteiger partial charge < -0.3 is 4.90 Å². The van der Waals surface area contributed by atoms with Crippen LogP contribution in [0.3, 0.4) is 0 Å². The van der Waals surface area contributed by atoms with Crippen molar-refractivity contribution in [2.24, 2.45) is 5.92 Å². The van der Waals surface area contributed by atoms with E-state index in [4.69, 9.17) is 0 Å². The summed E-state index contributed by atoms with van der Waals surface area (Å²) in [5, 5.41) is 0. The normalized spacial score (nSPS) is 21.7. The third-order valence-corrected chi connectivity index (χ3v) is 7.91. The number of aryl methyl sites for hydroxylation is 3. The second kappa shape index (κ2) is 11.2. The number of carbonyl (C=O) groups excluding carboxylic acids is 1. The van der Waals surface area contributed by atoms with Crippen LogP contribution >= 0.6 is 0 Å². The molecule has 2 aliphatic rings. The third kappa shape index (κ3) is 5.82. The number of anilines is 1. The van der Waals surface area contributed by atoms with Gasteiger partial charge >= 0.3 is 0 Å². The van der Waals surface area contributed by atoms with E-state index >= 15 is 0 Å². The van der Waals surface area contributed by atoms with E-state index in [1.807, 2.05) is 0 Å². The molecule has 2 aromatic carbocycles. The van der Waals surface area contributed by atoms with Crippen LogP contribution in [0.5, 0.6) is 0 Å². The molecule has 0 N–H and O–H groups in total. The summed E-state index contributed by atoms with van der Waals surface area (Å²) in [7, 11) is 0. The fraction of sp³-hybridized carbons (Fsp3) is 0.567. The molecule has 4 rings (SSSR count). The molecule has 0 spiro atoms. The van der Waals surface area contributed by atoms with Gasteiger partial charge in [-0.15, -0.1) is 0 Å². The summed E-state index contributed by atoms with van der Waals surface area (Å²) in [6.45, 7) is 6.87. The second-order valence-electron chi connectivity index (χ2n) is 10.2. The quantitative estimate of drug-likeness (QED) is 0.402. The predicted molar refractivity (Wildman–Crippen MR) is 136 cm³/mol. The van der Waals surface area contributed by atoms with Crippen LogP contribution in [0.2, 0.25) is 0 Å². The van der Waals surface area contributed by atoms with E-state index in [1.165, 1.54) is 73.9 Å². The molecule has 1 aliphatic carbocycles.